The minimum atomic E-state index is -0.0903. The first-order valence-corrected chi connectivity index (χ1v) is 10.6. The minimum absolute atomic E-state index is 0.0648. The van der Waals surface area contributed by atoms with Gasteiger partial charge in [-0.2, -0.15) is 0 Å². The van der Waals surface area contributed by atoms with Crippen molar-refractivity contribution in [3.63, 3.8) is 0 Å². The normalized spacial score (nSPS) is 20.2. The van der Waals surface area contributed by atoms with Crippen molar-refractivity contribution in [3.05, 3.63) is 71.3 Å². The van der Waals surface area contributed by atoms with Crippen LogP contribution >= 0.6 is 0 Å². The molecular formula is C25H33NO2. The van der Waals surface area contributed by atoms with Gasteiger partial charge in [0.25, 0.3) is 0 Å². The van der Waals surface area contributed by atoms with E-state index >= 15 is 0 Å². The largest absolute Gasteiger partial charge is 0.356 e. The number of ether oxygens (including phenoxy) is 2. The fourth-order valence-corrected chi connectivity index (χ4v) is 4.45. The molecule has 2 atom stereocenters. The van der Waals surface area contributed by atoms with E-state index in [0.29, 0.717) is 6.61 Å². The lowest BCUT2D eigenvalue weighted by molar-refractivity contribution is -0.124. The van der Waals surface area contributed by atoms with Gasteiger partial charge in [-0.25, -0.2) is 0 Å². The molecule has 0 fully saturated rings. The van der Waals surface area contributed by atoms with Crippen LogP contribution in [0.25, 0.3) is 0 Å². The van der Waals surface area contributed by atoms with Gasteiger partial charge in [-0.15, -0.1) is 0 Å². The van der Waals surface area contributed by atoms with Gasteiger partial charge in [0, 0.05) is 26.0 Å². The van der Waals surface area contributed by atoms with Gasteiger partial charge in [0.05, 0.1) is 5.41 Å². The minimum Gasteiger partial charge on any atom is -0.356 e. The van der Waals surface area contributed by atoms with Gasteiger partial charge >= 0.3 is 0 Å². The second kappa shape index (κ2) is 9.99. The van der Waals surface area contributed by atoms with Crippen LogP contribution in [0.3, 0.4) is 0 Å². The smallest absolute Gasteiger partial charge is 0.157 e. The van der Waals surface area contributed by atoms with Crippen LogP contribution in [0, 0.1) is 0 Å². The maximum atomic E-state index is 5.57. The van der Waals surface area contributed by atoms with Crippen LogP contribution in [0.4, 0.5) is 0 Å². The van der Waals surface area contributed by atoms with Gasteiger partial charge in [-0.1, -0.05) is 61.5 Å². The number of hydrogen-bond donors (Lipinski definition) is 0. The Morgan fingerprint density at radius 1 is 1.00 bits per heavy atom. The number of aliphatic imine (C=N–C) groups is 1. The molecule has 2 unspecified atom stereocenters. The predicted molar refractivity (Wildman–Crippen MR) is 116 cm³/mol. The molecule has 0 amide bonds. The van der Waals surface area contributed by atoms with Crippen molar-refractivity contribution in [2.24, 2.45) is 4.99 Å². The maximum absolute atomic E-state index is 5.57. The highest BCUT2D eigenvalue weighted by Crippen LogP contribution is 2.41. The number of benzene rings is 2. The Labute approximate surface area is 169 Å². The van der Waals surface area contributed by atoms with Crippen molar-refractivity contribution in [2.75, 3.05) is 20.3 Å². The van der Waals surface area contributed by atoms with Crippen LogP contribution in [-0.4, -0.2) is 32.3 Å². The van der Waals surface area contributed by atoms with E-state index < -0.39 is 0 Å². The molecule has 1 aliphatic rings. The molecule has 0 saturated carbocycles. The topological polar surface area (TPSA) is 30.8 Å². The molecule has 0 aromatic heterocycles. The molecule has 3 nitrogen and oxygen atoms in total. The third-order valence-corrected chi connectivity index (χ3v) is 5.85. The molecule has 2 aromatic rings. The molecule has 3 rings (SSSR count). The molecule has 2 aromatic carbocycles. The van der Waals surface area contributed by atoms with E-state index in [9.17, 15) is 0 Å². The molecule has 1 aliphatic heterocycles. The molecule has 28 heavy (non-hydrogen) atoms. The second-order valence-electron chi connectivity index (χ2n) is 7.41. The third-order valence-electron chi connectivity index (χ3n) is 5.85. The summed E-state index contributed by atoms with van der Waals surface area (Å²) in [5, 5.41) is 0. The quantitative estimate of drug-likeness (QED) is 0.506. The zero-order chi connectivity index (χ0) is 19.8. The SMILES string of the molecule is CCOC(CCCc1ccc(C2(c3ccccc3)CCN=C2CC)cc1)OC. The number of hydrogen-bond acceptors (Lipinski definition) is 3. The number of methoxy groups -OCH3 is 1. The molecule has 0 N–H and O–H groups in total. The van der Waals surface area contributed by atoms with Crippen LogP contribution in [0.2, 0.25) is 0 Å². The lowest BCUT2D eigenvalue weighted by Crippen LogP contribution is -2.34. The van der Waals surface area contributed by atoms with Crippen molar-refractivity contribution in [1.29, 1.82) is 0 Å². The molecule has 0 saturated heterocycles. The highest BCUT2D eigenvalue weighted by Gasteiger charge is 2.41. The van der Waals surface area contributed by atoms with Crippen molar-refractivity contribution in [1.82, 2.24) is 0 Å². The average molecular weight is 380 g/mol. The summed E-state index contributed by atoms with van der Waals surface area (Å²) in [6.07, 6.45) is 4.99. The average Bonchev–Trinajstić information content (AvgIpc) is 3.19. The molecule has 1 heterocycles. The van der Waals surface area contributed by atoms with Gasteiger partial charge in [0.2, 0.25) is 0 Å². The first-order chi connectivity index (χ1) is 13.7. The Kier molecular flexibility index (Phi) is 7.41. The fourth-order valence-electron chi connectivity index (χ4n) is 4.45. The fraction of sp³-hybridized carbons (Fsp3) is 0.480. The first kappa shape index (κ1) is 20.8. The van der Waals surface area contributed by atoms with Gasteiger partial charge < -0.3 is 9.47 Å². The van der Waals surface area contributed by atoms with Gasteiger partial charge in [0.15, 0.2) is 6.29 Å². The summed E-state index contributed by atoms with van der Waals surface area (Å²) in [7, 11) is 1.71. The molecule has 3 heteroatoms. The zero-order valence-corrected chi connectivity index (χ0v) is 17.5. The number of nitrogens with zero attached hydrogens (tertiary/aromatic N) is 1. The molecular weight excluding hydrogens is 346 g/mol. The summed E-state index contributed by atoms with van der Waals surface area (Å²) in [5.74, 6) is 0. The van der Waals surface area contributed by atoms with Crippen molar-refractivity contribution in [3.8, 4) is 0 Å². The number of rotatable bonds is 10. The molecule has 0 radical (unpaired) electrons. The van der Waals surface area contributed by atoms with Crippen molar-refractivity contribution < 1.29 is 9.47 Å². The van der Waals surface area contributed by atoms with E-state index in [1.165, 1.54) is 22.4 Å². The van der Waals surface area contributed by atoms with Gasteiger partial charge in [-0.05, 0) is 55.7 Å². The van der Waals surface area contributed by atoms with Crippen LogP contribution in [-0.2, 0) is 21.3 Å². The Balaban J connectivity index is 1.76. The Bertz CT molecular complexity index is 754. The van der Waals surface area contributed by atoms with E-state index in [-0.39, 0.29) is 11.7 Å². The monoisotopic (exact) mass is 379 g/mol. The summed E-state index contributed by atoms with van der Waals surface area (Å²) in [5.41, 5.74) is 5.34. The summed E-state index contributed by atoms with van der Waals surface area (Å²) < 4.78 is 10.9. The highest BCUT2D eigenvalue weighted by molar-refractivity contribution is 5.99. The lowest BCUT2D eigenvalue weighted by atomic mass is 9.69. The summed E-state index contributed by atoms with van der Waals surface area (Å²) in [6, 6.07) is 20.1. The van der Waals surface area contributed by atoms with Crippen molar-refractivity contribution in [2.45, 2.75) is 57.7 Å². The molecule has 0 aliphatic carbocycles. The zero-order valence-electron chi connectivity index (χ0n) is 17.5. The van der Waals surface area contributed by atoms with Gasteiger partial charge in [-0.3, -0.25) is 4.99 Å². The van der Waals surface area contributed by atoms with Gasteiger partial charge in [0.1, 0.15) is 0 Å². The van der Waals surface area contributed by atoms with E-state index in [4.69, 9.17) is 14.5 Å². The second-order valence-corrected chi connectivity index (χ2v) is 7.41. The molecule has 0 bridgehead atoms. The lowest BCUT2D eigenvalue weighted by Gasteiger charge is -2.32. The molecule has 150 valence electrons. The third kappa shape index (κ3) is 4.37. The summed E-state index contributed by atoms with van der Waals surface area (Å²) >= 11 is 0. The van der Waals surface area contributed by atoms with Crippen LogP contribution < -0.4 is 0 Å². The maximum Gasteiger partial charge on any atom is 0.157 e. The molecule has 0 spiro atoms. The standard InChI is InChI=1S/C25H33NO2/c1-4-23-25(18-19-26-23,21-11-7-6-8-12-21)22-16-14-20(15-17-22)10-9-13-24(27-3)28-5-2/h6-8,11-12,14-17,24H,4-5,9-10,13,18-19H2,1-3H3. The summed E-state index contributed by atoms with van der Waals surface area (Å²) in [4.78, 5) is 4.87. The van der Waals surface area contributed by atoms with Crippen LogP contribution in [0.15, 0.2) is 59.6 Å². The summed E-state index contributed by atoms with van der Waals surface area (Å²) in [6.45, 7) is 5.83. The Morgan fingerprint density at radius 2 is 1.71 bits per heavy atom. The van der Waals surface area contributed by atoms with E-state index in [0.717, 1.165) is 38.6 Å². The Morgan fingerprint density at radius 3 is 2.36 bits per heavy atom. The van der Waals surface area contributed by atoms with E-state index in [1.807, 2.05) is 6.92 Å². The van der Waals surface area contributed by atoms with E-state index in [2.05, 4.69) is 61.5 Å². The van der Waals surface area contributed by atoms with Crippen molar-refractivity contribution >= 4 is 5.71 Å². The number of aryl methyl sites for hydroxylation is 1. The predicted octanol–water partition coefficient (Wildman–Crippen LogP) is 5.56. The first-order valence-electron chi connectivity index (χ1n) is 10.6. The Hall–Kier alpha value is -1.97. The van der Waals surface area contributed by atoms with Crippen LogP contribution in [0.1, 0.15) is 56.2 Å². The van der Waals surface area contributed by atoms with E-state index in [1.54, 1.807) is 7.11 Å². The van der Waals surface area contributed by atoms with Crippen LogP contribution in [0.5, 0.6) is 0 Å². The highest BCUT2D eigenvalue weighted by atomic mass is 16.7.